The Hall–Kier alpha value is -3.95. The second-order valence-corrected chi connectivity index (χ2v) is 8.49. The first-order valence-corrected chi connectivity index (χ1v) is 11.0. The van der Waals surface area contributed by atoms with Crippen molar-refractivity contribution in [2.75, 3.05) is 7.11 Å². The van der Waals surface area contributed by atoms with Crippen molar-refractivity contribution in [2.24, 2.45) is 0 Å². The van der Waals surface area contributed by atoms with Crippen molar-refractivity contribution < 1.29 is 9.84 Å². The van der Waals surface area contributed by atoms with Crippen molar-refractivity contribution in [1.82, 2.24) is 9.55 Å². The largest absolute Gasteiger partial charge is 0.495 e. The zero-order chi connectivity index (χ0) is 22.1. The van der Waals surface area contributed by atoms with Gasteiger partial charge in [0.2, 0.25) is 5.88 Å². The smallest absolute Gasteiger partial charge is 0.307 e. The van der Waals surface area contributed by atoms with Crippen LogP contribution in [0.1, 0.15) is 16.0 Å². The number of benzene rings is 3. The molecule has 0 aliphatic carbocycles. The van der Waals surface area contributed by atoms with E-state index in [1.54, 1.807) is 7.11 Å². The summed E-state index contributed by atoms with van der Waals surface area (Å²) >= 11 is 1.01. The minimum absolute atomic E-state index is 0.0742. The number of nitrogens with zero attached hydrogens (tertiary/aromatic N) is 1. The Morgan fingerprint density at radius 1 is 1.03 bits per heavy atom. The van der Waals surface area contributed by atoms with Gasteiger partial charge in [0.15, 0.2) is 0 Å². The van der Waals surface area contributed by atoms with Crippen LogP contribution in [-0.4, -0.2) is 21.8 Å². The van der Waals surface area contributed by atoms with E-state index in [9.17, 15) is 9.90 Å². The summed E-state index contributed by atoms with van der Waals surface area (Å²) in [5.41, 5.74) is 4.02. The first-order valence-electron chi connectivity index (χ1n) is 10.2. The lowest BCUT2D eigenvalue weighted by atomic mass is 10.1. The van der Waals surface area contributed by atoms with Crippen LogP contribution in [-0.2, 0) is 13.0 Å². The van der Waals surface area contributed by atoms with Gasteiger partial charge in [-0.15, -0.1) is 0 Å². The van der Waals surface area contributed by atoms with E-state index in [0.717, 1.165) is 33.5 Å². The second kappa shape index (κ2) is 8.29. The van der Waals surface area contributed by atoms with Gasteiger partial charge in [-0.1, -0.05) is 65.6 Å². The summed E-state index contributed by atoms with van der Waals surface area (Å²) in [6.07, 6.45) is 0.445. The number of para-hydroxylation sites is 2. The maximum Gasteiger partial charge on any atom is 0.307 e. The fourth-order valence-electron chi connectivity index (χ4n) is 4.01. The summed E-state index contributed by atoms with van der Waals surface area (Å²) in [4.78, 5) is 14.2. The molecule has 0 radical (unpaired) electrons. The van der Waals surface area contributed by atoms with Crippen LogP contribution in [0.4, 0.5) is 0 Å². The number of ether oxygens (including phenoxy) is 1. The van der Waals surface area contributed by atoms with Crippen LogP contribution in [0.25, 0.3) is 21.8 Å². The van der Waals surface area contributed by atoms with Gasteiger partial charge in [-0.3, -0.25) is 9.78 Å². The molecule has 158 valence electrons. The summed E-state index contributed by atoms with van der Waals surface area (Å²) < 4.78 is 7.72. The molecule has 0 bridgehead atoms. The van der Waals surface area contributed by atoms with Gasteiger partial charge in [-0.25, -0.2) is 0 Å². The maximum atomic E-state index is 11.5. The number of fused-ring (bicyclic) bond motifs is 3. The van der Waals surface area contributed by atoms with Crippen LogP contribution in [0.5, 0.6) is 11.6 Å². The lowest BCUT2D eigenvalue weighted by molar-refractivity contribution is 0.413. The number of thiazole rings is 1. The minimum atomic E-state index is -0.266. The van der Waals surface area contributed by atoms with E-state index in [-0.39, 0.29) is 10.8 Å². The quantitative estimate of drug-likeness (QED) is 0.391. The minimum Gasteiger partial charge on any atom is -0.495 e. The van der Waals surface area contributed by atoms with Crippen molar-refractivity contribution in [3.8, 4) is 23.5 Å². The number of aromatic hydroxyl groups is 1. The fourth-order valence-corrected chi connectivity index (χ4v) is 4.77. The molecule has 0 aliphatic rings. The highest BCUT2D eigenvalue weighted by atomic mass is 32.1. The lowest BCUT2D eigenvalue weighted by Gasteiger charge is -2.06. The molecular weight excluding hydrogens is 420 g/mol. The standard InChI is InChI=1S/C26H20N2O3S/c1-31-23-13-12-17(16-24-25(29)27-26(30)32-24)15-18(23)7-6-14-28-21-10-4-2-8-19(21)20-9-3-5-11-22(20)28/h2-5,8-13,15,29H,14,16H2,1H3,(H,27,30). The predicted molar refractivity (Wildman–Crippen MR) is 129 cm³/mol. The van der Waals surface area contributed by atoms with Crippen molar-refractivity contribution in [3.05, 3.63) is 92.4 Å². The number of H-pyrrole nitrogens is 1. The third-order valence-corrected chi connectivity index (χ3v) is 6.34. The zero-order valence-corrected chi connectivity index (χ0v) is 18.2. The molecule has 0 saturated carbocycles. The highest BCUT2D eigenvalue weighted by Gasteiger charge is 2.10. The normalized spacial score (nSPS) is 10.9. The molecule has 0 unspecified atom stereocenters. The summed E-state index contributed by atoms with van der Waals surface area (Å²) in [5.74, 6) is 7.17. The molecule has 32 heavy (non-hydrogen) atoms. The zero-order valence-electron chi connectivity index (χ0n) is 17.4. The van der Waals surface area contributed by atoms with Gasteiger partial charge < -0.3 is 14.4 Å². The van der Waals surface area contributed by atoms with Gasteiger partial charge >= 0.3 is 4.87 Å². The third-order valence-electron chi connectivity index (χ3n) is 5.47. The number of methoxy groups -OCH3 is 1. The highest BCUT2D eigenvalue weighted by molar-refractivity contribution is 7.09. The molecule has 5 aromatic rings. The Morgan fingerprint density at radius 3 is 2.34 bits per heavy atom. The third kappa shape index (κ3) is 3.64. The SMILES string of the molecule is COc1ccc(Cc2sc(=O)[nH]c2O)cc1C#CCn1c2ccccc2c2ccccc21. The molecule has 3 aromatic carbocycles. The van der Waals surface area contributed by atoms with Crippen LogP contribution >= 0.6 is 11.3 Å². The molecule has 5 rings (SSSR count). The van der Waals surface area contributed by atoms with Gasteiger partial charge in [-0.2, -0.15) is 0 Å². The van der Waals surface area contributed by atoms with E-state index in [0.29, 0.717) is 23.6 Å². The lowest BCUT2D eigenvalue weighted by Crippen LogP contribution is -1.96. The molecule has 5 nitrogen and oxygen atoms in total. The van der Waals surface area contributed by atoms with Gasteiger partial charge in [0.25, 0.3) is 0 Å². The van der Waals surface area contributed by atoms with E-state index in [1.807, 2.05) is 30.3 Å². The Bertz CT molecular complexity index is 1510. The highest BCUT2D eigenvalue weighted by Crippen LogP contribution is 2.28. The number of aromatic nitrogens is 2. The second-order valence-electron chi connectivity index (χ2n) is 7.42. The molecule has 2 N–H and O–H groups in total. The Kier molecular flexibility index (Phi) is 5.18. The van der Waals surface area contributed by atoms with Crippen LogP contribution in [0.3, 0.4) is 0 Å². The Morgan fingerprint density at radius 2 is 1.72 bits per heavy atom. The molecule has 0 saturated heterocycles. The van der Waals surface area contributed by atoms with Crippen molar-refractivity contribution >= 4 is 33.1 Å². The van der Waals surface area contributed by atoms with Gasteiger partial charge in [0.1, 0.15) is 5.75 Å². The van der Waals surface area contributed by atoms with Gasteiger partial charge in [0.05, 0.1) is 24.1 Å². The van der Waals surface area contributed by atoms with Crippen molar-refractivity contribution in [1.29, 1.82) is 0 Å². The van der Waals surface area contributed by atoms with Gasteiger partial charge in [-0.05, 0) is 29.8 Å². The van der Waals surface area contributed by atoms with E-state index < -0.39 is 0 Å². The van der Waals surface area contributed by atoms with Crippen LogP contribution in [0.15, 0.2) is 71.5 Å². The number of hydrogen-bond acceptors (Lipinski definition) is 4. The van der Waals surface area contributed by atoms with E-state index >= 15 is 0 Å². The summed E-state index contributed by atoms with van der Waals surface area (Å²) in [6.45, 7) is 0.543. The first-order chi connectivity index (χ1) is 15.6. The van der Waals surface area contributed by atoms with E-state index in [4.69, 9.17) is 4.74 Å². The monoisotopic (exact) mass is 440 g/mol. The topological polar surface area (TPSA) is 67.2 Å². The number of aromatic amines is 1. The summed E-state index contributed by atoms with van der Waals surface area (Å²) in [7, 11) is 1.62. The van der Waals surface area contributed by atoms with Crippen LogP contribution in [0, 0.1) is 11.8 Å². The number of hydrogen-bond donors (Lipinski definition) is 2. The molecule has 0 aliphatic heterocycles. The van der Waals surface area contributed by atoms with E-state index in [1.165, 1.54) is 10.8 Å². The van der Waals surface area contributed by atoms with E-state index in [2.05, 4.69) is 57.8 Å². The molecule has 0 amide bonds. The predicted octanol–water partition coefficient (Wildman–Crippen LogP) is 4.90. The molecule has 0 spiro atoms. The van der Waals surface area contributed by atoms with Gasteiger partial charge in [0, 0.05) is 28.2 Å². The van der Waals surface area contributed by atoms with Crippen molar-refractivity contribution in [2.45, 2.75) is 13.0 Å². The molecule has 0 fully saturated rings. The molecule has 2 heterocycles. The number of nitrogens with one attached hydrogen (secondary N) is 1. The molecule has 2 aromatic heterocycles. The fraction of sp³-hybridized carbons (Fsp3) is 0.115. The summed E-state index contributed by atoms with van der Waals surface area (Å²) in [6, 6.07) is 22.4. The Labute approximate surface area is 188 Å². The average molecular weight is 441 g/mol. The maximum absolute atomic E-state index is 11.5. The van der Waals surface area contributed by atoms with Crippen molar-refractivity contribution in [3.63, 3.8) is 0 Å². The average Bonchev–Trinajstić information content (AvgIpc) is 3.30. The van der Waals surface area contributed by atoms with Crippen LogP contribution < -0.4 is 9.61 Å². The molecular formula is C26H20N2O3S. The first kappa shape index (κ1) is 20.0. The number of rotatable bonds is 4. The van der Waals surface area contributed by atoms with Crippen LogP contribution in [0.2, 0.25) is 0 Å². The molecule has 0 atom stereocenters. The molecule has 6 heteroatoms. The Balaban J connectivity index is 1.49. The summed E-state index contributed by atoms with van der Waals surface area (Å²) in [5, 5.41) is 12.3.